The van der Waals surface area contributed by atoms with E-state index < -0.39 is 0 Å². The van der Waals surface area contributed by atoms with Gasteiger partial charge in [0.05, 0.1) is 5.69 Å². The first kappa shape index (κ1) is 19.2. The number of unbranched alkanes of at least 4 members (excludes halogenated alkanes) is 3. The molecule has 134 valence electrons. The maximum absolute atomic E-state index is 14.5. The van der Waals surface area contributed by atoms with Gasteiger partial charge in [0.2, 0.25) is 5.91 Å². The fraction of sp³-hybridized carbons (Fsp3) is 0.632. The highest BCUT2D eigenvalue weighted by Gasteiger charge is 2.47. The molecule has 1 fully saturated rings. The van der Waals surface area contributed by atoms with Crippen molar-refractivity contribution in [2.24, 2.45) is 5.73 Å². The predicted molar refractivity (Wildman–Crippen MR) is 98.3 cm³/mol. The van der Waals surface area contributed by atoms with Crippen molar-refractivity contribution >= 4 is 24.0 Å². The zero-order valence-corrected chi connectivity index (χ0v) is 15.0. The number of rotatable bonds is 6. The van der Waals surface area contributed by atoms with Crippen LogP contribution in [0.25, 0.3) is 0 Å². The molecular weight excluding hydrogens is 327 g/mol. The Bertz CT molecular complexity index is 572. The predicted octanol–water partition coefficient (Wildman–Crippen LogP) is 4.32. The zero-order valence-electron chi connectivity index (χ0n) is 14.2. The lowest BCUT2D eigenvalue weighted by Crippen LogP contribution is -2.35. The molecule has 1 saturated carbocycles. The van der Waals surface area contributed by atoms with Crippen molar-refractivity contribution in [2.75, 3.05) is 18.0 Å². The minimum Gasteiger partial charge on any atom is -0.330 e. The second kappa shape index (κ2) is 8.30. The number of benzene rings is 1. The van der Waals surface area contributed by atoms with E-state index in [0.717, 1.165) is 69.2 Å². The molecule has 0 radical (unpaired) electrons. The molecule has 0 aromatic heterocycles. The van der Waals surface area contributed by atoms with Crippen LogP contribution in [0.3, 0.4) is 0 Å². The van der Waals surface area contributed by atoms with Gasteiger partial charge in [-0.1, -0.05) is 31.7 Å². The maximum atomic E-state index is 14.5. The first-order valence-corrected chi connectivity index (χ1v) is 8.97. The van der Waals surface area contributed by atoms with Gasteiger partial charge in [-0.2, -0.15) is 0 Å². The van der Waals surface area contributed by atoms with Crippen LogP contribution < -0.4 is 10.6 Å². The Morgan fingerprint density at radius 3 is 2.58 bits per heavy atom. The van der Waals surface area contributed by atoms with Gasteiger partial charge in [-0.05, 0) is 44.4 Å². The van der Waals surface area contributed by atoms with Gasteiger partial charge in [0.25, 0.3) is 0 Å². The van der Waals surface area contributed by atoms with Crippen LogP contribution in [0, 0.1) is 5.82 Å². The van der Waals surface area contributed by atoms with E-state index in [1.54, 1.807) is 12.1 Å². The molecule has 0 atom stereocenters. The minimum absolute atomic E-state index is 0. The Morgan fingerprint density at radius 1 is 1.17 bits per heavy atom. The maximum Gasteiger partial charge on any atom is 0.227 e. The molecule has 1 aliphatic heterocycles. The smallest absolute Gasteiger partial charge is 0.227 e. The quantitative estimate of drug-likeness (QED) is 0.773. The summed E-state index contributed by atoms with van der Waals surface area (Å²) in [4.78, 5) is 14.5. The Kier molecular flexibility index (Phi) is 6.64. The number of anilines is 1. The number of nitrogens with zero attached hydrogens (tertiary/aromatic N) is 1. The van der Waals surface area contributed by atoms with E-state index in [-0.39, 0.29) is 29.5 Å². The van der Waals surface area contributed by atoms with Crippen LogP contribution in [0.1, 0.15) is 63.4 Å². The van der Waals surface area contributed by atoms with Gasteiger partial charge in [-0.15, -0.1) is 12.4 Å². The molecule has 3 rings (SSSR count). The molecular formula is C19H28ClFN2O. The molecule has 2 N–H and O–H groups in total. The summed E-state index contributed by atoms with van der Waals surface area (Å²) < 4.78 is 14.5. The number of amides is 1. The summed E-state index contributed by atoms with van der Waals surface area (Å²) in [5, 5.41) is 0. The molecule has 0 saturated heterocycles. The summed E-state index contributed by atoms with van der Waals surface area (Å²) in [7, 11) is 0. The van der Waals surface area contributed by atoms with E-state index in [1.807, 2.05) is 11.0 Å². The topological polar surface area (TPSA) is 46.3 Å². The number of halogens is 2. The van der Waals surface area contributed by atoms with E-state index in [2.05, 4.69) is 0 Å². The van der Waals surface area contributed by atoms with Gasteiger partial charge in [-0.3, -0.25) is 4.79 Å². The van der Waals surface area contributed by atoms with Crippen molar-refractivity contribution in [1.29, 1.82) is 0 Å². The highest BCUT2D eigenvalue weighted by molar-refractivity contribution is 5.96. The van der Waals surface area contributed by atoms with Crippen molar-refractivity contribution in [1.82, 2.24) is 0 Å². The van der Waals surface area contributed by atoms with Crippen LogP contribution in [0.15, 0.2) is 18.2 Å². The van der Waals surface area contributed by atoms with Gasteiger partial charge >= 0.3 is 0 Å². The lowest BCUT2D eigenvalue weighted by Gasteiger charge is -2.25. The number of hydrogen-bond acceptors (Lipinski definition) is 2. The summed E-state index contributed by atoms with van der Waals surface area (Å²) in [6.07, 6.45) is 8.86. The average molecular weight is 355 g/mol. The number of hydrogen-bond donors (Lipinski definition) is 1. The molecule has 2 aliphatic rings. The third kappa shape index (κ3) is 3.60. The largest absolute Gasteiger partial charge is 0.330 e. The summed E-state index contributed by atoms with van der Waals surface area (Å²) in [6.45, 7) is 1.39. The molecule has 0 bridgehead atoms. The Morgan fingerprint density at radius 2 is 1.88 bits per heavy atom. The molecule has 1 spiro atoms. The molecule has 1 heterocycles. The number of fused-ring (bicyclic) bond motifs is 2. The van der Waals surface area contributed by atoms with E-state index >= 15 is 0 Å². The Balaban J connectivity index is 0.00000208. The van der Waals surface area contributed by atoms with Crippen molar-refractivity contribution in [3.8, 4) is 0 Å². The van der Waals surface area contributed by atoms with Crippen LogP contribution >= 0.6 is 12.4 Å². The average Bonchev–Trinajstić information content (AvgIpc) is 3.14. The molecule has 1 aromatic rings. The minimum atomic E-state index is -0.136. The molecule has 1 aliphatic carbocycles. The Labute approximate surface area is 150 Å². The molecule has 3 nitrogen and oxygen atoms in total. The molecule has 1 aromatic carbocycles. The van der Waals surface area contributed by atoms with Crippen molar-refractivity contribution in [2.45, 2.75) is 63.2 Å². The fourth-order valence-corrected chi connectivity index (χ4v) is 4.32. The van der Waals surface area contributed by atoms with Crippen molar-refractivity contribution in [3.05, 3.63) is 29.6 Å². The highest BCUT2D eigenvalue weighted by atomic mass is 35.5. The second-order valence-corrected chi connectivity index (χ2v) is 7.05. The standard InChI is InChI=1S/C19H27FN2O.ClH/c20-15-8-7-9-16-18(15)19(11-4-5-12-19)14-22(16)17(23)10-3-1-2-6-13-21;/h7-9H,1-6,10-14,21H2;1H. The lowest BCUT2D eigenvalue weighted by molar-refractivity contribution is -0.118. The lowest BCUT2D eigenvalue weighted by atomic mass is 9.80. The van der Waals surface area contributed by atoms with Crippen molar-refractivity contribution in [3.63, 3.8) is 0 Å². The van der Waals surface area contributed by atoms with Gasteiger partial charge < -0.3 is 10.6 Å². The van der Waals surface area contributed by atoms with Crippen LogP contribution in [0.5, 0.6) is 0 Å². The van der Waals surface area contributed by atoms with E-state index in [1.165, 1.54) is 0 Å². The third-order valence-electron chi connectivity index (χ3n) is 5.48. The summed E-state index contributed by atoms with van der Waals surface area (Å²) in [6, 6.07) is 5.18. The van der Waals surface area contributed by atoms with E-state index in [4.69, 9.17) is 5.73 Å². The van der Waals surface area contributed by atoms with Crippen molar-refractivity contribution < 1.29 is 9.18 Å². The van der Waals surface area contributed by atoms with E-state index in [9.17, 15) is 9.18 Å². The molecule has 1 amide bonds. The first-order valence-electron chi connectivity index (χ1n) is 8.97. The Hall–Kier alpha value is -1.13. The number of carbonyl (C=O) groups excluding carboxylic acids is 1. The van der Waals surface area contributed by atoms with Gasteiger partial charge in [0, 0.05) is 23.9 Å². The van der Waals surface area contributed by atoms with Crippen LogP contribution in [-0.4, -0.2) is 19.0 Å². The zero-order chi connectivity index (χ0) is 16.3. The van der Waals surface area contributed by atoms with Crippen LogP contribution in [-0.2, 0) is 10.2 Å². The van der Waals surface area contributed by atoms with Gasteiger partial charge in [0.15, 0.2) is 0 Å². The number of nitrogens with two attached hydrogens (primary N) is 1. The third-order valence-corrected chi connectivity index (χ3v) is 5.48. The highest BCUT2D eigenvalue weighted by Crippen LogP contribution is 2.51. The number of carbonyl (C=O) groups is 1. The first-order chi connectivity index (χ1) is 11.2. The van der Waals surface area contributed by atoms with Gasteiger partial charge in [-0.25, -0.2) is 4.39 Å². The summed E-state index contributed by atoms with van der Waals surface area (Å²) >= 11 is 0. The van der Waals surface area contributed by atoms with E-state index in [0.29, 0.717) is 13.0 Å². The molecule has 0 unspecified atom stereocenters. The normalized spacial score (nSPS) is 17.8. The summed E-state index contributed by atoms with van der Waals surface area (Å²) in [5.41, 5.74) is 6.98. The monoisotopic (exact) mass is 354 g/mol. The molecule has 5 heteroatoms. The summed E-state index contributed by atoms with van der Waals surface area (Å²) in [5.74, 6) is 0.0102. The molecule has 24 heavy (non-hydrogen) atoms. The van der Waals surface area contributed by atoms with Crippen LogP contribution in [0.4, 0.5) is 10.1 Å². The van der Waals surface area contributed by atoms with Crippen LogP contribution in [0.2, 0.25) is 0 Å². The fourth-order valence-electron chi connectivity index (χ4n) is 4.32. The van der Waals surface area contributed by atoms with Gasteiger partial charge in [0.1, 0.15) is 5.82 Å². The second-order valence-electron chi connectivity index (χ2n) is 7.05. The SMILES string of the molecule is Cl.NCCCCCCC(=O)N1CC2(CCCC2)c2c(F)cccc21.